The van der Waals surface area contributed by atoms with Crippen LogP contribution in [0.25, 0.3) is 22.2 Å². The molecule has 2 N–H and O–H groups in total. The molecule has 0 spiro atoms. The SMILES string of the molecule is CC(C)Oc1ccccc1-c1c(Cl)cc2[nH]c(C(O)c3ccc(S(C)=O)cc3)nc2c1Cl. The Morgan fingerprint density at radius 3 is 2.44 bits per heavy atom. The minimum absolute atomic E-state index is 0.0129. The largest absolute Gasteiger partial charge is 0.490 e. The van der Waals surface area contributed by atoms with Crippen molar-refractivity contribution in [3.63, 3.8) is 0 Å². The minimum atomic E-state index is -1.09. The Bertz CT molecular complexity index is 1300. The minimum Gasteiger partial charge on any atom is -0.490 e. The van der Waals surface area contributed by atoms with E-state index in [-0.39, 0.29) is 6.10 Å². The van der Waals surface area contributed by atoms with E-state index in [1.165, 1.54) is 0 Å². The molecule has 0 saturated carbocycles. The third kappa shape index (κ3) is 4.41. The van der Waals surface area contributed by atoms with E-state index >= 15 is 0 Å². The molecule has 0 saturated heterocycles. The van der Waals surface area contributed by atoms with Crippen LogP contribution in [0.5, 0.6) is 5.75 Å². The van der Waals surface area contributed by atoms with Crippen LogP contribution in [0, 0.1) is 0 Å². The van der Waals surface area contributed by atoms with Crippen molar-refractivity contribution in [1.82, 2.24) is 9.97 Å². The highest BCUT2D eigenvalue weighted by Gasteiger charge is 2.22. The van der Waals surface area contributed by atoms with E-state index in [0.29, 0.717) is 48.7 Å². The quantitative estimate of drug-likeness (QED) is 0.341. The van der Waals surface area contributed by atoms with E-state index in [0.717, 1.165) is 5.56 Å². The summed E-state index contributed by atoms with van der Waals surface area (Å²) >= 11 is 13.4. The molecule has 1 aromatic heterocycles. The first-order chi connectivity index (χ1) is 15.3. The van der Waals surface area contributed by atoms with E-state index in [2.05, 4.69) is 9.97 Å². The van der Waals surface area contributed by atoms with Crippen molar-refractivity contribution in [3.8, 4) is 16.9 Å². The Morgan fingerprint density at radius 2 is 1.78 bits per heavy atom. The smallest absolute Gasteiger partial charge is 0.140 e. The number of fused-ring (bicyclic) bond motifs is 1. The highest BCUT2D eigenvalue weighted by atomic mass is 35.5. The number of aromatic amines is 1. The number of nitrogens with zero attached hydrogens (tertiary/aromatic N) is 1. The summed E-state index contributed by atoms with van der Waals surface area (Å²) in [6.45, 7) is 3.91. The van der Waals surface area contributed by atoms with E-state index in [1.54, 1.807) is 36.6 Å². The first-order valence-electron chi connectivity index (χ1n) is 10.0. The van der Waals surface area contributed by atoms with Crippen molar-refractivity contribution in [2.24, 2.45) is 0 Å². The standard InChI is InChI=1S/C24H22Cl2N2O3S/c1-13(2)31-19-7-5-4-6-16(19)20-17(25)12-18-22(21(20)26)28-24(27-18)23(29)14-8-10-15(11-9-14)32(3)30/h4-13,23,29H,1-3H3,(H,27,28). The van der Waals surface area contributed by atoms with Gasteiger partial charge in [-0.15, -0.1) is 0 Å². The van der Waals surface area contributed by atoms with E-state index < -0.39 is 16.9 Å². The van der Waals surface area contributed by atoms with Gasteiger partial charge >= 0.3 is 0 Å². The Morgan fingerprint density at radius 1 is 1.09 bits per heavy atom. The number of aliphatic hydroxyl groups excluding tert-OH is 1. The van der Waals surface area contributed by atoms with Gasteiger partial charge in [0.25, 0.3) is 0 Å². The van der Waals surface area contributed by atoms with Crippen LogP contribution < -0.4 is 4.74 Å². The first kappa shape index (κ1) is 22.8. The van der Waals surface area contributed by atoms with Crippen LogP contribution in [0.15, 0.2) is 59.5 Å². The van der Waals surface area contributed by atoms with Gasteiger partial charge in [0, 0.05) is 33.1 Å². The fourth-order valence-corrected chi connectivity index (χ4v) is 4.73. The van der Waals surface area contributed by atoms with Gasteiger partial charge in [-0.2, -0.15) is 0 Å². The predicted octanol–water partition coefficient (Wildman–Crippen LogP) is 6.14. The van der Waals surface area contributed by atoms with Crippen molar-refractivity contribution >= 4 is 45.0 Å². The predicted molar refractivity (Wildman–Crippen MR) is 130 cm³/mol. The lowest BCUT2D eigenvalue weighted by atomic mass is 10.0. The lowest BCUT2D eigenvalue weighted by Crippen LogP contribution is -2.06. The van der Waals surface area contributed by atoms with Gasteiger partial charge in [-0.3, -0.25) is 4.21 Å². The van der Waals surface area contributed by atoms with Crippen LogP contribution in [0.4, 0.5) is 0 Å². The molecule has 5 nitrogen and oxygen atoms in total. The van der Waals surface area contributed by atoms with E-state index in [1.807, 2.05) is 38.1 Å². The second-order valence-corrected chi connectivity index (χ2v) is 9.82. The summed E-state index contributed by atoms with van der Waals surface area (Å²) in [7, 11) is -1.09. The molecule has 0 aliphatic rings. The molecule has 1 heterocycles. The van der Waals surface area contributed by atoms with Gasteiger partial charge in [0.05, 0.1) is 21.7 Å². The number of aliphatic hydroxyl groups is 1. The summed E-state index contributed by atoms with van der Waals surface area (Å²) in [4.78, 5) is 8.37. The average Bonchev–Trinajstić information content (AvgIpc) is 3.18. The maximum Gasteiger partial charge on any atom is 0.140 e. The van der Waals surface area contributed by atoms with Gasteiger partial charge in [0.1, 0.15) is 23.2 Å². The summed E-state index contributed by atoms with van der Waals surface area (Å²) in [5.41, 5.74) is 3.14. The number of rotatable bonds is 6. The molecule has 3 aromatic carbocycles. The third-order valence-electron chi connectivity index (χ3n) is 4.99. The number of hydrogen-bond acceptors (Lipinski definition) is 4. The van der Waals surface area contributed by atoms with Crippen LogP contribution in [0.2, 0.25) is 10.0 Å². The monoisotopic (exact) mass is 488 g/mol. The summed E-state index contributed by atoms with van der Waals surface area (Å²) in [5, 5.41) is 11.7. The number of H-pyrrole nitrogens is 1. The molecular weight excluding hydrogens is 467 g/mol. The van der Waals surface area contributed by atoms with Crippen LogP contribution in [-0.2, 0) is 10.8 Å². The first-order valence-corrected chi connectivity index (χ1v) is 12.3. The highest BCUT2D eigenvalue weighted by Crippen LogP contribution is 2.43. The zero-order valence-corrected chi connectivity index (χ0v) is 20.1. The van der Waals surface area contributed by atoms with Crippen molar-refractivity contribution < 1.29 is 14.1 Å². The molecule has 2 unspecified atom stereocenters. The van der Waals surface area contributed by atoms with Crippen LogP contribution in [0.1, 0.15) is 31.3 Å². The second-order valence-electron chi connectivity index (χ2n) is 7.65. The lowest BCUT2D eigenvalue weighted by molar-refractivity contribution is 0.211. The molecule has 8 heteroatoms. The average molecular weight is 489 g/mol. The normalized spacial score (nSPS) is 13.5. The highest BCUT2D eigenvalue weighted by molar-refractivity contribution is 7.84. The molecule has 0 aliphatic heterocycles. The fraction of sp³-hybridized carbons (Fsp3) is 0.208. The fourth-order valence-electron chi connectivity index (χ4n) is 3.51. The molecule has 0 fully saturated rings. The van der Waals surface area contributed by atoms with Crippen LogP contribution in [-0.4, -0.2) is 31.6 Å². The molecule has 0 bridgehead atoms. The van der Waals surface area contributed by atoms with Crippen LogP contribution >= 0.6 is 23.2 Å². The Kier molecular flexibility index (Phi) is 6.58. The van der Waals surface area contributed by atoms with Crippen molar-refractivity contribution in [2.75, 3.05) is 6.26 Å². The molecule has 2 atom stereocenters. The Labute approximate surface area is 198 Å². The van der Waals surface area contributed by atoms with Crippen molar-refractivity contribution in [1.29, 1.82) is 0 Å². The van der Waals surface area contributed by atoms with Crippen LogP contribution in [0.3, 0.4) is 0 Å². The second kappa shape index (κ2) is 9.24. The van der Waals surface area contributed by atoms with Crippen molar-refractivity contribution in [3.05, 3.63) is 76.0 Å². The summed E-state index contributed by atoms with van der Waals surface area (Å²) < 4.78 is 17.6. The molecule has 0 amide bonds. The van der Waals surface area contributed by atoms with Gasteiger partial charge < -0.3 is 14.8 Å². The van der Waals surface area contributed by atoms with E-state index in [9.17, 15) is 9.32 Å². The molecular formula is C24H22Cl2N2O3S. The molecule has 4 aromatic rings. The number of hydrogen-bond donors (Lipinski definition) is 2. The summed E-state index contributed by atoms with van der Waals surface area (Å²) in [6.07, 6.45) is 0.593. The number of ether oxygens (including phenoxy) is 1. The molecule has 166 valence electrons. The molecule has 32 heavy (non-hydrogen) atoms. The Hall–Kier alpha value is -2.38. The number of halogens is 2. The number of nitrogens with one attached hydrogen (secondary N) is 1. The van der Waals surface area contributed by atoms with Gasteiger partial charge in [-0.25, -0.2) is 4.98 Å². The van der Waals surface area contributed by atoms with Crippen molar-refractivity contribution in [2.45, 2.75) is 31.0 Å². The topological polar surface area (TPSA) is 75.2 Å². The zero-order valence-electron chi connectivity index (χ0n) is 17.7. The molecule has 0 radical (unpaired) electrons. The third-order valence-corrected chi connectivity index (χ3v) is 6.60. The maximum atomic E-state index is 11.6. The number of imidazole rings is 1. The lowest BCUT2D eigenvalue weighted by Gasteiger charge is -2.16. The number of benzene rings is 3. The Balaban J connectivity index is 1.78. The zero-order chi connectivity index (χ0) is 23.0. The number of para-hydroxylation sites is 1. The van der Waals surface area contributed by atoms with Gasteiger partial charge in [0.2, 0.25) is 0 Å². The van der Waals surface area contributed by atoms with Gasteiger partial charge in [-0.05, 0) is 43.7 Å². The molecule has 0 aliphatic carbocycles. The summed E-state index contributed by atoms with van der Waals surface area (Å²) in [5.74, 6) is 1.02. The van der Waals surface area contributed by atoms with Gasteiger partial charge in [-0.1, -0.05) is 53.5 Å². The number of aromatic nitrogens is 2. The summed E-state index contributed by atoms with van der Waals surface area (Å²) in [6, 6.07) is 16.2. The van der Waals surface area contributed by atoms with E-state index in [4.69, 9.17) is 27.9 Å². The van der Waals surface area contributed by atoms with Gasteiger partial charge in [0.15, 0.2) is 0 Å². The molecule has 4 rings (SSSR count). The maximum absolute atomic E-state index is 11.6.